The highest BCUT2D eigenvalue weighted by molar-refractivity contribution is 6.05. The van der Waals surface area contributed by atoms with Crippen LogP contribution in [0.5, 0.6) is 0 Å². The lowest BCUT2D eigenvalue weighted by molar-refractivity contribution is -0.142. The lowest BCUT2D eigenvalue weighted by Gasteiger charge is -2.30. The number of hydrogen-bond donors (Lipinski definition) is 1. The Bertz CT molecular complexity index is 544. The van der Waals surface area contributed by atoms with Crippen LogP contribution in [0, 0.1) is 5.41 Å². The van der Waals surface area contributed by atoms with Gasteiger partial charge in [0.15, 0.2) is 0 Å². The van der Waals surface area contributed by atoms with Crippen LogP contribution in [0.1, 0.15) is 49.7 Å². The molecule has 1 heterocycles. The van der Waals surface area contributed by atoms with E-state index in [4.69, 9.17) is 5.73 Å². The molecule has 0 unspecified atom stereocenters. The third-order valence-electron chi connectivity index (χ3n) is 4.90. The highest BCUT2D eigenvalue weighted by Gasteiger charge is 2.51. The van der Waals surface area contributed by atoms with Crippen LogP contribution >= 0.6 is 0 Å². The van der Waals surface area contributed by atoms with E-state index in [1.165, 1.54) is 11.3 Å². The van der Waals surface area contributed by atoms with Gasteiger partial charge in [-0.05, 0) is 24.0 Å². The molecular weight excluding hydrogens is 264 g/mol. The minimum atomic E-state index is -0.382. The largest absolute Gasteiger partial charge is 0.326 e. The summed E-state index contributed by atoms with van der Waals surface area (Å²) >= 11 is 0. The van der Waals surface area contributed by atoms with Gasteiger partial charge in [0.1, 0.15) is 0 Å². The van der Waals surface area contributed by atoms with Crippen LogP contribution < -0.4 is 5.73 Å². The summed E-state index contributed by atoms with van der Waals surface area (Å²) in [6, 6.07) is 7.82. The van der Waals surface area contributed by atoms with Gasteiger partial charge in [-0.1, -0.05) is 43.5 Å². The molecule has 4 nitrogen and oxygen atoms in total. The fourth-order valence-electron chi connectivity index (χ4n) is 3.60. The highest BCUT2D eigenvalue weighted by atomic mass is 16.2. The second-order valence-corrected chi connectivity index (χ2v) is 6.32. The van der Waals surface area contributed by atoms with Gasteiger partial charge >= 0.3 is 0 Å². The molecule has 2 fully saturated rings. The van der Waals surface area contributed by atoms with Crippen molar-refractivity contribution in [3.8, 4) is 0 Å². The Morgan fingerprint density at radius 2 is 1.62 bits per heavy atom. The van der Waals surface area contributed by atoms with Crippen LogP contribution in [0.15, 0.2) is 24.3 Å². The quantitative estimate of drug-likeness (QED) is 0.868. The van der Waals surface area contributed by atoms with E-state index < -0.39 is 0 Å². The second kappa shape index (κ2) is 5.60. The lowest BCUT2D eigenvalue weighted by atomic mass is 9.73. The van der Waals surface area contributed by atoms with Crippen molar-refractivity contribution in [3.63, 3.8) is 0 Å². The standard InChI is InChI=1S/C17H22N2O2/c18-11-13-4-6-14(7-5-13)12-19-15(20)10-17(16(19)21)8-2-1-3-9-17/h4-7H,1-3,8-12,18H2. The van der Waals surface area contributed by atoms with Gasteiger partial charge in [0.25, 0.3) is 0 Å². The van der Waals surface area contributed by atoms with Gasteiger partial charge in [0.2, 0.25) is 11.8 Å². The molecule has 4 heteroatoms. The van der Waals surface area contributed by atoms with Gasteiger partial charge in [0, 0.05) is 13.0 Å². The van der Waals surface area contributed by atoms with E-state index in [1.54, 1.807) is 0 Å². The van der Waals surface area contributed by atoms with Crippen molar-refractivity contribution in [3.05, 3.63) is 35.4 Å². The van der Waals surface area contributed by atoms with Gasteiger partial charge in [0.05, 0.1) is 12.0 Å². The topological polar surface area (TPSA) is 63.4 Å². The van der Waals surface area contributed by atoms with Gasteiger partial charge in [-0.3, -0.25) is 14.5 Å². The molecule has 0 atom stereocenters. The zero-order valence-electron chi connectivity index (χ0n) is 12.3. The van der Waals surface area contributed by atoms with Crippen molar-refractivity contribution in [2.75, 3.05) is 0 Å². The van der Waals surface area contributed by atoms with Gasteiger partial charge in [-0.2, -0.15) is 0 Å². The summed E-state index contributed by atoms with van der Waals surface area (Å²) in [5.74, 6) is 0.0416. The van der Waals surface area contributed by atoms with E-state index in [2.05, 4.69) is 0 Å². The number of hydrogen-bond acceptors (Lipinski definition) is 3. The molecule has 1 saturated carbocycles. The Kier molecular flexibility index (Phi) is 3.81. The zero-order valence-corrected chi connectivity index (χ0v) is 12.3. The van der Waals surface area contributed by atoms with Crippen molar-refractivity contribution in [2.45, 2.75) is 51.6 Å². The predicted octanol–water partition coefficient (Wildman–Crippen LogP) is 2.35. The summed E-state index contributed by atoms with van der Waals surface area (Å²) in [5, 5.41) is 0. The Balaban J connectivity index is 1.75. The summed E-state index contributed by atoms with van der Waals surface area (Å²) < 4.78 is 0. The third-order valence-corrected chi connectivity index (χ3v) is 4.90. The monoisotopic (exact) mass is 286 g/mol. The molecule has 2 aliphatic rings. The summed E-state index contributed by atoms with van der Waals surface area (Å²) in [6.07, 6.45) is 5.48. The number of amides is 2. The number of likely N-dealkylation sites (tertiary alicyclic amines) is 1. The number of nitrogens with zero attached hydrogens (tertiary/aromatic N) is 1. The van der Waals surface area contributed by atoms with Gasteiger partial charge < -0.3 is 5.73 Å². The first-order chi connectivity index (χ1) is 10.1. The molecule has 21 heavy (non-hydrogen) atoms. The van der Waals surface area contributed by atoms with Gasteiger partial charge in [-0.15, -0.1) is 0 Å². The maximum absolute atomic E-state index is 12.7. The fourth-order valence-corrected chi connectivity index (χ4v) is 3.60. The third kappa shape index (κ3) is 2.60. The molecule has 1 aliphatic carbocycles. The molecule has 2 N–H and O–H groups in total. The number of carbonyl (C=O) groups excluding carboxylic acids is 2. The summed E-state index contributed by atoms with van der Waals surface area (Å²) in [5.41, 5.74) is 7.24. The summed E-state index contributed by atoms with van der Waals surface area (Å²) in [7, 11) is 0. The van der Waals surface area contributed by atoms with Crippen LogP contribution in [0.2, 0.25) is 0 Å². The van der Waals surface area contributed by atoms with Crippen molar-refractivity contribution in [1.29, 1.82) is 0 Å². The molecule has 112 valence electrons. The first-order valence-corrected chi connectivity index (χ1v) is 7.77. The van der Waals surface area contributed by atoms with E-state index >= 15 is 0 Å². The molecule has 2 amide bonds. The molecular formula is C17H22N2O2. The number of nitrogens with two attached hydrogens (primary N) is 1. The van der Waals surface area contributed by atoms with Crippen molar-refractivity contribution in [1.82, 2.24) is 4.90 Å². The van der Waals surface area contributed by atoms with Crippen molar-refractivity contribution < 1.29 is 9.59 Å². The van der Waals surface area contributed by atoms with Crippen molar-refractivity contribution >= 4 is 11.8 Å². The predicted molar refractivity (Wildman–Crippen MR) is 80.0 cm³/mol. The Morgan fingerprint density at radius 3 is 2.24 bits per heavy atom. The van der Waals surface area contributed by atoms with E-state index in [-0.39, 0.29) is 17.2 Å². The maximum atomic E-state index is 12.7. The van der Waals surface area contributed by atoms with Crippen LogP contribution in [0.25, 0.3) is 0 Å². The maximum Gasteiger partial charge on any atom is 0.236 e. The second-order valence-electron chi connectivity index (χ2n) is 6.32. The summed E-state index contributed by atoms with van der Waals surface area (Å²) in [4.78, 5) is 26.4. The Morgan fingerprint density at radius 1 is 1.00 bits per heavy atom. The molecule has 3 rings (SSSR count). The molecule has 1 aromatic rings. The minimum absolute atomic E-state index is 0.00944. The number of carbonyl (C=O) groups is 2. The van der Waals surface area contributed by atoms with Crippen LogP contribution in [0.4, 0.5) is 0 Å². The van der Waals surface area contributed by atoms with Crippen LogP contribution in [0.3, 0.4) is 0 Å². The molecule has 1 aliphatic heterocycles. The highest BCUT2D eigenvalue weighted by Crippen LogP contribution is 2.45. The molecule has 0 aromatic heterocycles. The van der Waals surface area contributed by atoms with Crippen molar-refractivity contribution in [2.24, 2.45) is 11.1 Å². The average molecular weight is 286 g/mol. The molecule has 0 radical (unpaired) electrons. The van der Waals surface area contributed by atoms with Crippen LogP contribution in [-0.4, -0.2) is 16.7 Å². The number of rotatable bonds is 3. The number of benzene rings is 1. The van der Waals surface area contributed by atoms with Gasteiger partial charge in [-0.25, -0.2) is 0 Å². The molecule has 0 bridgehead atoms. The lowest BCUT2D eigenvalue weighted by Crippen LogP contribution is -2.36. The van der Waals surface area contributed by atoms with Crippen LogP contribution in [-0.2, 0) is 22.7 Å². The number of imide groups is 1. The van der Waals surface area contributed by atoms with E-state index in [1.807, 2.05) is 24.3 Å². The fraction of sp³-hybridized carbons (Fsp3) is 0.529. The first-order valence-electron chi connectivity index (χ1n) is 7.77. The normalized spacial score (nSPS) is 21.3. The Labute approximate surface area is 125 Å². The minimum Gasteiger partial charge on any atom is -0.326 e. The SMILES string of the molecule is NCc1ccc(CN2C(=O)CC3(CCCCC3)C2=O)cc1. The Hall–Kier alpha value is -1.68. The smallest absolute Gasteiger partial charge is 0.236 e. The average Bonchev–Trinajstić information content (AvgIpc) is 2.73. The molecule has 1 spiro atoms. The summed E-state index contributed by atoms with van der Waals surface area (Å²) in [6.45, 7) is 0.898. The zero-order chi connectivity index (χ0) is 14.9. The van der Waals surface area contributed by atoms with E-state index in [0.29, 0.717) is 19.5 Å². The molecule has 1 aromatic carbocycles. The van der Waals surface area contributed by atoms with E-state index in [0.717, 1.165) is 36.8 Å². The van der Waals surface area contributed by atoms with E-state index in [9.17, 15) is 9.59 Å². The molecule has 1 saturated heterocycles. The first kappa shape index (κ1) is 14.3.